The van der Waals surface area contributed by atoms with Crippen LogP contribution in [0, 0.1) is 0 Å². The van der Waals surface area contributed by atoms with Crippen molar-refractivity contribution in [3.8, 4) is 11.3 Å². The molecule has 170 valence electrons. The molecule has 4 rings (SSSR count). The first kappa shape index (κ1) is 23.2. The Labute approximate surface area is 206 Å². The lowest BCUT2D eigenvalue weighted by Crippen LogP contribution is -2.12. The van der Waals surface area contributed by atoms with Crippen molar-refractivity contribution in [2.75, 3.05) is 16.0 Å². The van der Waals surface area contributed by atoms with E-state index in [1.165, 1.54) is 13.0 Å². The maximum atomic E-state index is 12.6. The normalized spacial score (nSPS) is 10.4. The number of halogens is 2. The molecule has 0 radical (unpaired) electrons. The predicted octanol–water partition coefficient (Wildman–Crippen LogP) is 6.40. The molecule has 0 atom stereocenters. The Kier molecular flexibility index (Phi) is 7.06. The zero-order chi connectivity index (χ0) is 24.1. The number of amides is 2. The van der Waals surface area contributed by atoms with Crippen LogP contribution in [0.15, 0.2) is 79.0 Å². The summed E-state index contributed by atoms with van der Waals surface area (Å²) in [4.78, 5) is 32.6. The van der Waals surface area contributed by atoms with E-state index in [0.717, 1.165) is 5.56 Å². The van der Waals surface area contributed by atoms with Gasteiger partial charge in [-0.25, -0.2) is 9.97 Å². The van der Waals surface area contributed by atoms with Crippen LogP contribution < -0.4 is 16.0 Å². The molecule has 0 aliphatic rings. The summed E-state index contributed by atoms with van der Waals surface area (Å²) in [6.45, 7) is 1.46. The van der Waals surface area contributed by atoms with Crippen LogP contribution in [-0.2, 0) is 4.79 Å². The van der Waals surface area contributed by atoms with Gasteiger partial charge in [-0.2, -0.15) is 0 Å². The van der Waals surface area contributed by atoms with E-state index in [1.54, 1.807) is 42.6 Å². The van der Waals surface area contributed by atoms with E-state index in [0.29, 0.717) is 39.3 Å². The summed E-state index contributed by atoms with van der Waals surface area (Å²) < 4.78 is 0. The third kappa shape index (κ3) is 5.89. The average Bonchev–Trinajstić information content (AvgIpc) is 2.79. The second kappa shape index (κ2) is 10.3. The molecule has 0 fully saturated rings. The lowest BCUT2D eigenvalue weighted by molar-refractivity contribution is -0.114. The van der Waals surface area contributed by atoms with E-state index in [2.05, 4.69) is 25.9 Å². The highest BCUT2D eigenvalue weighted by Crippen LogP contribution is 2.25. The molecular weight excluding hydrogens is 473 g/mol. The summed E-state index contributed by atoms with van der Waals surface area (Å²) in [6.07, 6.45) is 1.65. The van der Waals surface area contributed by atoms with Crippen LogP contribution in [0.25, 0.3) is 11.3 Å². The third-order valence-electron chi connectivity index (χ3n) is 4.71. The van der Waals surface area contributed by atoms with Gasteiger partial charge in [0, 0.05) is 40.8 Å². The van der Waals surface area contributed by atoms with Crippen molar-refractivity contribution in [3.05, 3.63) is 94.6 Å². The van der Waals surface area contributed by atoms with Gasteiger partial charge >= 0.3 is 0 Å². The number of nitrogens with zero attached hydrogens (tertiary/aromatic N) is 2. The summed E-state index contributed by atoms with van der Waals surface area (Å²) in [7, 11) is 0. The fourth-order valence-electron chi connectivity index (χ4n) is 3.18. The van der Waals surface area contributed by atoms with Crippen LogP contribution in [-0.4, -0.2) is 21.8 Å². The minimum absolute atomic E-state index is 0.129. The Hall–Kier alpha value is -3.94. The van der Waals surface area contributed by atoms with Gasteiger partial charge in [0.15, 0.2) is 0 Å². The SMILES string of the molecule is CC(=O)Nc1ccc(-c2ccnc(Nc3cccc(NC(=O)c4ccc(Cl)cc4Cl)c3)n2)cc1. The number of hydrogen-bond donors (Lipinski definition) is 3. The van der Waals surface area contributed by atoms with Crippen LogP contribution >= 0.6 is 23.2 Å². The molecule has 4 aromatic rings. The zero-order valence-electron chi connectivity index (χ0n) is 18.0. The van der Waals surface area contributed by atoms with Crippen LogP contribution in [0.3, 0.4) is 0 Å². The molecule has 1 aromatic heterocycles. The number of anilines is 4. The van der Waals surface area contributed by atoms with Crippen LogP contribution in [0.1, 0.15) is 17.3 Å². The van der Waals surface area contributed by atoms with Gasteiger partial charge in [0.1, 0.15) is 0 Å². The van der Waals surface area contributed by atoms with Gasteiger partial charge in [-0.05, 0) is 54.6 Å². The van der Waals surface area contributed by atoms with Crippen molar-refractivity contribution in [1.82, 2.24) is 9.97 Å². The van der Waals surface area contributed by atoms with Crippen LogP contribution in [0.4, 0.5) is 23.0 Å². The summed E-state index contributed by atoms with van der Waals surface area (Å²) >= 11 is 12.0. The molecule has 9 heteroatoms. The van der Waals surface area contributed by atoms with Gasteiger partial charge in [0.2, 0.25) is 11.9 Å². The second-order valence-electron chi connectivity index (χ2n) is 7.31. The van der Waals surface area contributed by atoms with Crippen LogP contribution in [0.5, 0.6) is 0 Å². The van der Waals surface area contributed by atoms with Crippen molar-refractivity contribution < 1.29 is 9.59 Å². The lowest BCUT2D eigenvalue weighted by Gasteiger charge is -2.10. The molecule has 1 heterocycles. The number of rotatable bonds is 6. The van der Waals surface area contributed by atoms with Crippen molar-refractivity contribution >= 4 is 58.0 Å². The van der Waals surface area contributed by atoms with E-state index < -0.39 is 0 Å². The first-order valence-electron chi connectivity index (χ1n) is 10.2. The number of carbonyl (C=O) groups excluding carboxylic acids is 2. The molecule has 2 amide bonds. The Bertz CT molecular complexity index is 1360. The van der Waals surface area contributed by atoms with E-state index in [4.69, 9.17) is 23.2 Å². The minimum atomic E-state index is -0.347. The van der Waals surface area contributed by atoms with E-state index >= 15 is 0 Å². The number of aromatic nitrogens is 2. The number of benzene rings is 3. The van der Waals surface area contributed by atoms with Gasteiger partial charge < -0.3 is 16.0 Å². The number of carbonyl (C=O) groups is 2. The first-order chi connectivity index (χ1) is 16.4. The molecule has 7 nitrogen and oxygen atoms in total. The largest absolute Gasteiger partial charge is 0.326 e. The monoisotopic (exact) mass is 491 g/mol. The number of nitrogens with one attached hydrogen (secondary N) is 3. The van der Waals surface area contributed by atoms with Crippen molar-refractivity contribution in [3.63, 3.8) is 0 Å². The zero-order valence-corrected chi connectivity index (χ0v) is 19.5. The Morgan fingerprint density at radius 3 is 2.32 bits per heavy atom. The highest BCUT2D eigenvalue weighted by molar-refractivity contribution is 6.37. The summed E-state index contributed by atoms with van der Waals surface area (Å²) in [5.74, 6) is -0.0802. The molecule has 0 saturated heterocycles. The molecule has 0 spiro atoms. The second-order valence-corrected chi connectivity index (χ2v) is 8.15. The van der Waals surface area contributed by atoms with Crippen LogP contribution in [0.2, 0.25) is 10.0 Å². The summed E-state index contributed by atoms with van der Waals surface area (Å²) in [5, 5.41) is 9.44. The minimum Gasteiger partial charge on any atom is -0.326 e. The Morgan fingerprint density at radius 2 is 1.59 bits per heavy atom. The molecular formula is C25H19Cl2N5O2. The quantitative estimate of drug-likeness (QED) is 0.289. The average molecular weight is 492 g/mol. The van der Waals surface area contributed by atoms with Gasteiger partial charge in [0.25, 0.3) is 5.91 Å². The molecule has 0 aliphatic heterocycles. The van der Waals surface area contributed by atoms with Crippen molar-refractivity contribution in [2.24, 2.45) is 0 Å². The molecule has 0 aliphatic carbocycles. The standard InChI is InChI=1S/C25H19Cl2N5O2/c1-15(33)29-18-8-5-16(6-9-18)23-11-12-28-25(32-23)31-20-4-2-3-19(14-20)30-24(34)21-10-7-17(26)13-22(21)27/h2-14H,1H3,(H,29,33)(H,30,34)(H,28,31,32). The fourth-order valence-corrected chi connectivity index (χ4v) is 3.68. The molecule has 0 saturated carbocycles. The smallest absolute Gasteiger partial charge is 0.257 e. The topological polar surface area (TPSA) is 96.0 Å². The third-order valence-corrected chi connectivity index (χ3v) is 5.26. The maximum absolute atomic E-state index is 12.6. The highest BCUT2D eigenvalue weighted by Gasteiger charge is 2.11. The van der Waals surface area contributed by atoms with Gasteiger partial charge in [-0.15, -0.1) is 0 Å². The van der Waals surface area contributed by atoms with E-state index in [-0.39, 0.29) is 16.8 Å². The molecule has 0 unspecified atom stereocenters. The van der Waals surface area contributed by atoms with Crippen molar-refractivity contribution in [1.29, 1.82) is 0 Å². The highest BCUT2D eigenvalue weighted by atomic mass is 35.5. The predicted molar refractivity (Wildman–Crippen MR) is 136 cm³/mol. The van der Waals surface area contributed by atoms with Gasteiger partial charge in [-0.1, -0.05) is 41.4 Å². The van der Waals surface area contributed by atoms with Gasteiger partial charge in [-0.3, -0.25) is 9.59 Å². The number of hydrogen-bond acceptors (Lipinski definition) is 5. The molecule has 34 heavy (non-hydrogen) atoms. The lowest BCUT2D eigenvalue weighted by atomic mass is 10.1. The summed E-state index contributed by atoms with van der Waals surface area (Å²) in [6, 6.07) is 21.0. The molecule has 3 aromatic carbocycles. The Morgan fingerprint density at radius 1 is 0.824 bits per heavy atom. The molecule has 0 bridgehead atoms. The fraction of sp³-hybridized carbons (Fsp3) is 0.0400. The summed E-state index contributed by atoms with van der Waals surface area (Å²) in [5.41, 5.74) is 3.89. The first-order valence-corrected chi connectivity index (χ1v) is 11.0. The maximum Gasteiger partial charge on any atom is 0.257 e. The van der Waals surface area contributed by atoms with Crippen molar-refractivity contribution in [2.45, 2.75) is 6.92 Å². The van der Waals surface area contributed by atoms with E-state index in [1.807, 2.05) is 30.3 Å². The van der Waals surface area contributed by atoms with Gasteiger partial charge in [0.05, 0.1) is 16.3 Å². The molecule has 3 N–H and O–H groups in total. The van der Waals surface area contributed by atoms with E-state index in [9.17, 15) is 9.59 Å². The Balaban J connectivity index is 1.48.